The van der Waals surface area contributed by atoms with E-state index in [0.29, 0.717) is 0 Å². The van der Waals surface area contributed by atoms with E-state index < -0.39 is 5.41 Å². The van der Waals surface area contributed by atoms with E-state index in [2.05, 4.69) is 32.0 Å². The third-order valence-electron chi connectivity index (χ3n) is 5.25. The Bertz CT molecular complexity index is 745. The van der Waals surface area contributed by atoms with E-state index in [-0.39, 0.29) is 24.3 Å². The molecule has 3 heteroatoms. The normalized spacial score (nSPS) is 24.2. The molecule has 1 aliphatic rings. The minimum atomic E-state index is -0.690. The molecule has 0 unspecified atom stereocenters. The van der Waals surface area contributed by atoms with Crippen LogP contribution in [0, 0.1) is 0 Å². The highest BCUT2D eigenvalue weighted by atomic mass is 16.6. The fourth-order valence-corrected chi connectivity index (χ4v) is 3.74. The number of esters is 1. The molecular formula is C22H28O3. The van der Waals surface area contributed by atoms with E-state index in [1.807, 2.05) is 38.1 Å². The molecule has 1 heterocycles. The SMILES string of the molecule is CC[C@H]1C[C@H](OC(=O)C(C)(C)c2cccc3ccccc23)C[C@@H](C)O1. The lowest BCUT2D eigenvalue weighted by molar-refractivity contribution is -0.166. The van der Waals surface area contributed by atoms with Crippen LogP contribution in [0.3, 0.4) is 0 Å². The lowest BCUT2D eigenvalue weighted by Crippen LogP contribution is -2.40. The largest absolute Gasteiger partial charge is 0.462 e. The molecule has 1 aliphatic heterocycles. The molecule has 134 valence electrons. The van der Waals surface area contributed by atoms with Crippen molar-refractivity contribution in [3.63, 3.8) is 0 Å². The second kappa shape index (κ2) is 7.17. The molecule has 0 N–H and O–H groups in total. The summed E-state index contributed by atoms with van der Waals surface area (Å²) in [6.45, 7) is 8.08. The predicted octanol–water partition coefficient (Wildman–Crippen LogP) is 5.01. The van der Waals surface area contributed by atoms with Gasteiger partial charge in [-0.1, -0.05) is 49.4 Å². The molecule has 3 rings (SSSR count). The molecule has 0 bridgehead atoms. The van der Waals surface area contributed by atoms with Crippen molar-refractivity contribution in [3.8, 4) is 0 Å². The van der Waals surface area contributed by atoms with Crippen molar-refractivity contribution >= 4 is 16.7 Å². The lowest BCUT2D eigenvalue weighted by Gasteiger charge is -2.35. The Morgan fingerprint density at radius 2 is 1.88 bits per heavy atom. The van der Waals surface area contributed by atoms with Gasteiger partial charge in [0.1, 0.15) is 6.10 Å². The third-order valence-corrected chi connectivity index (χ3v) is 5.25. The average molecular weight is 340 g/mol. The first-order chi connectivity index (χ1) is 11.9. The summed E-state index contributed by atoms with van der Waals surface area (Å²) in [5, 5.41) is 2.25. The van der Waals surface area contributed by atoms with E-state index in [4.69, 9.17) is 9.47 Å². The van der Waals surface area contributed by atoms with Crippen LogP contribution in [0.2, 0.25) is 0 Å². The Morgan fingerprint density at radius 3 is 2.64 bits per heavy atom. The fraction of sp³-hybridized carbons (Fsp3) is 0.500. The molecule has 0 amide bonds. The van der Waals surface area contributed by atoms with Crippen molar-refractivity contribution in [1.29, 1.82) is 0 Å². The van der Waals surface area contributed by atoms with Gasteiger partial charge in [0.25, 0.3) is 0 Å². The van der Waals surface area contributed by atoms with E-state index in [1.54, 1.807) is 0 Å². The monoisotopic (exact) mass is 340 g/mol. The van der Waals surface area contributed by atoms with Gasteiger partial charge in [-0.15, -0.1) is 0 Å². The first-order valence-corrected chi connectivity index (χ1v) is 9.26. The first-order valence-electron chi connectivity index (χ1n) is 9.26. The highest BCUT2D eigenvalue weighted by Crippen LogP contribution is 2.33. The Hall–Kier alpha value is -1.87. The van der Waals surface area contributed by atoms with Crippen LogP contribution < -0.4 is 0 Å². The average Bonchev–Trinajstić information content (AvgIpc) is 2.60. The molecule has 25 heavy (non-hydrogen) atoms. The summed E-state index contributed by atoms with van der Waals surface area (Å²) in [5.41, 5.74) is 0.326. The van der Waals surface area contributed by atoms with Crippen LogP contribution in [0.5, 0.6) is 0 Å². The molecule has 1 fully saturated rings. The molecule has 2 aromatic carbocycles. The van der Waals surface area contributed by atoms with E-state index >= 15 is 0 Å². The van der Waals surface area contributed by atoms with Crippen molar-refractivity contribution < 1.29 is 14.3 Å². The standard InChI is InChI=1S/C22H28O3/c1-5-17-14-18(13-15(2)24-17)25-21(23)22(3,4)20-12-8-10-16-9-6-7-11-19(16)20/h6-12,15,17-18H,5,13-14H2,1-4H3/t15-,17+,18-/m1/s1. The van der Waals surface area contributed by atoms with Gasteiger partial charge in [0.2, 0.25) is 0 Å². The maximum Gasteiger partial charge on any atom is 0.316 e. The number of hydrogen-bond acceptors (Lipinski definition) is 3. The van der Waals surface area contributed by atoms with Gasteiger partial charge in [0, 0.05) is 12.8 Å². The summed E-state index contributed by atoms with van der Waals surface area (Å²) in [4.78, 5) is 13.0. The quantitative estimate of drug-likeness (QED) is 0.734. The Labute approximate surface area is 150 Å². The summed E-state index contributed by atoms with van der Waals surface area (Å²) in [6, 6.07) is 14.3. The third kappa shape index (κ3) is 3.72. The molecule has 0 aliphatic carbocycles. The van der Waals surface area contributed by atoms with Crippen LogP contribution in [0.1, 0.15) is 52.5 Å². The number of carbonyl (C=O) groups is 1. The van der Waals surface area contributed by atoms with Gasteiger partial charge in [-0.05, 0) is 43.5 Å². The Balaban J connectivity index is 1.82. The zero-order valence-electron chi connectivity index (χ0n) is 15.6. The number of benzene rings is 2. The van der Waals surface area contributed by atoms with Crippen molar-refractivity contribution in [2.45, 2.75) is 70.7 Å². The summed E-state index contributed by atoms with van der Waals surface area (Å²) >= 11 is 0. The minimum absolute atomic E-state index is 0.0598. The lowest BCUT2D eigenvalue weighted by atomic mass is 9.81. The summed E-state index contributed by atoms with van der Waals surface area (Å²) in [5.74, 6) is -0.155. The van der Waals surface area contributed by atoms with Crippen molar-refractivity contribution in [1.82, 2.24) is 0 Å². The van der Waals surface area contributed by atoms with E-state index in [1.165, 1.54) is 0 Å². The maximum atomic E-state index is 13.0. The van der Waals surface area contributed by atoms with Gasteiger partial charge in [0.05, 0.1) is 17.6 Å². The first kappa shape index (κ1) is 17.9. The topological polar surface area (TPSA) is 35.5 Å². The fourth-order valence-electron chi connectivity index (χ4n) is 3.74. The highest BCUT2D eigenvalue weighted by molar-refractivity contribution is 5.93. The van der Waals surface area contributed by atoms with Crippen LogP contribution in [0.25, 0.3) is 10.8 Å². The highest BCUT2D eigenvalue weighted by Gasteiger charge is 2.36. The van der Waals surface area contributed by atoms with Gasteiger partial charge < -0.3 is 9.47 Å². The van der Waals surface area contributed by atoms with Crippen LogP contribution >= 0.6 is 0 Å². The number of fused-ring (bicyclic) bond motifs is 1. The van der Waals surface area contributed by atoms with Crippen molar-refractivity contribution in [3.05, 3.63) is 48.0 Å². The van der Waals surface area contributed by atoms with Crippen LogP contribution in [-0.2, 0) is 19.7 Å². The van der Waals surface area contributed by atoms with Crippen LogP contribution in [0.4, 0.5) is 0 Å². The number of ether oxygens (including phenoxy) is 2. The zero-order chi connectivity index (χ0) is 18.0. The van der Waals surface area contributed by atoms with Gasteiger partial charge in [-0.3, -0.25) is 4.79 Å². The van der Waals surface area contributed by atoms with Crippen LogP contribution in [-0.4, -0.2) is 24.3 Å². The zero-order valence-corrected chi connectivity index (χ0v) is 15.6. The second-order valence-electron chi connectivity index (χ2n) is 7.63. The smallest absolute Gasteiger partial charge is 0.316 e. The number of hydrogen-bond donors (Lipinski definition) is 0. The van der Waals surface area contributed by atoms with E-state index in [0.717, 1.165) is 35.6 Å². The molecule has 0 spiro atoms. The Kier molecular flexibility index (Phi) is 5.14. The van der Waals surface area contributed by atoms with Gasteiger partial charge in [-0.25, -0.2) is 0 Å². The maximum absolute atomic E-state index is 13.0. The Morgan fingerprint density at radius 1 is 1.16 bits per heavy atom. The molecule has 2 aromatic rings. The molecule has 1 saturated heterocycles. The van der Waals surface area contributed by atoms with Gasteiger partial charge >= 0.3 is 5.97 Å². The summed E-state index contributed by atoms with van der Waals surface area (Å²) in [6.07, 6.45) is 2.77. The molecule has 0 saturated carbocycles. The second-order valence-corrected chi connectivity index (χ2v) is 7.63. The van der Waals surface area contributed by atoms with Gasteiger partial charge in [0.15, 0.2) is 0 Å². The predicted molar refractivity (Wildman–Crippen MR) is 101 cm³/mol. The van der Waals surface area contributed by atoms with E-state index in [9.17, 15) is 4.79 Å². The molecule has 0 aromatic heterocycles. The summed E-state index contributed by atoms with van der Waals surface area (Å²) in [7, 11) is 0. The molecular weight excluding hydrogens is 312 g/mol. The minimum Gasteiger partial charge on any atom is -0.462 e. The van der Waals surface area contributed by atoms with Crippen molar-refractivity contribution in [2.75, 3.05) is 0 Å². The van der Waals surface area contributed by atoms with Crippen molar-refractivity contribution in [2.24, 2.45) is 0 Å². The van der Waals surface area contributed by atoms with Crippen LogP contribution in [0.15, 0.2) is 42.5 Å². The van der Waals surface area contributed by atoms with Gasteiger partial charge in [-0.2, -0.15) is 0 Å². The summed E-state index contributed by atoms with van der Waals surface area (Å²) < 4.78 is 11.8. The molecule has 3 atom stereocenters. The number of rotatable bonds is 4. The molecule has 3 nitrogen and oxygen atoms in total. The molecule has 0 radical (unpaired) electrons. The number of carbonyl (C=O) groups excluding carboxylic acids is 1.